The molecule has 2 rings (SSSR count). The van der Waals surface area contributed by atoms with Crippen molar-refractivity contribution in [1.82, 2.24) is 10.2 Å². The molecule has 1 saturated heterocycles. The Balaban J connectivity index is 0.00000242. The summed E-state index contributed by atoms with van der Waals surface area (Å²) in [6.07, 6.45) is -0.0677. The molecule has 0 radical (unpaired) electrons. The molecule has 1 fully saturated rings. The number of morpholine rings is 1. The summed E-state index contributed by atoms with van der Waals surface area (Å²) in [6, 6.07) is 4.73. The van der Waals surface area contributed by atoms with Gasteiger partial charge in [0.15, 0.2) is 0 Å². The highest BCUT2D eigenvalue weighted by atomic mass is 35.5. The zero-order chi connectivity index (χ0) is 15.2. The molecule has 8 heteroatoms. The van der Waals surface area contributed by atoms with Gasteiger partial charge in [-0.1, -0.05) is 17.7 Å². The minimum atomic E-state index is -0.413. The number of amides is 1. The number of nitrogens with one attached hydrogen (secondary N) is 1. The number of benzene rings is 1. The molecular weight excluding hydrogens is 354 g/mol. The summed E-state index contributed by atoms with van der Waals surface area (Å²) >= 11 is 11.2. The molecule has 0 bridgehead atoms. The van der Waals surface area contributed by atoms with Crippen molar-refractivity contribution in [2.75, 3.05) is 32.1 Å². The smallest absolute Gasteiger partial charge is 0.235 e. The summed E-state index contributed by atoms with van der Waals surface area (Å²) < 4.78 is 18.7. The molecule has 1 aromatic rings. The Morgan fingerprint density at radius 3 is 2.95 bits per heavy atom. The largest absolute Gasteiger partial charge is 0.374 e. The third-order valence-electron chi connectivity index (χ3n) is 3.26. The van der Waals surface area contributed by atoms with E-state index in [2.05, 4.69) is 10.2 Å². The molecule has 1 aliphatic rings. The van der Waals surface area contributed by atoms with Gasteiger partial charge in [-0.3, -0.25) is 9.69 Å². The molecule has 124 valence electrons. The van der Waals surface area contributed by atoms with Crippen molar-refractivity contribution in [2.24, 2.45) is 0 Å². The van der Waals surface area contributed by atoms with Crippen molar-refractivity contribution in [1.29, 1.82) is 0 Å². The van der Waals surface area contributed by atoms with Crippen molar-refractivity contribution in [3.63, 3.8) is 0 Å². The lowest BCUT2D eigenvalue weighted by Crippen LogP contribution is -2.47. The second-order valence-electron chi connectivity index (χ2n) is 4.91. The second kappa shape index (κ2) is 9.53. The van der Waals surface area contributed by atoms with Gasteiger partial charge in [-0.25, -0.2) is 4.39 Å². The van der Waals surface area contributed by atoms with Crippen LogP contribution in [0, 0.1) is 5.82 Å². The quantitative estimate of drug-likeness (QED) is 0.809. The number of hydrogen-bond acceptors (Lipinski definition) is 3. The fourth-order valence-electron chi connectivity index (χ4n) is 2.22. The predicted octanol–water partition coefficient (Wildman–Crippen LogP) is 2.46. The number of carbonyl (C=O) groups excluding carboxylic acids is 1. The lowest BCUT2D eigenvalue weighted by atomic mass is 10.2. The first-order chi connectivity index (χ1) is 10.1. The number of nitrogens with zero attached hydrogens (tertiary/aromatic N) is 1. The molecule has 22 heavy (non-hydrogen) atoms. The van der Waals surface area contributed by atoms with E-state index in [0.717, 1.165) is 12.1 Å². The summed E-state index contributed by atoms with van der Waals surface area (Å²) in [4.78, 5) is 13.3. The zero-order valence-electron chi connectivity index (χ0n) is 11.9. The number of halogens is 4. The van der Waals surface area contributed by atoms with Gasteiger partial charge in [-0.2, -0.15) is 0 Å². The van der Waals surface area contributed by atoms with Crippen molar-refractivity contribution >= 4 is 41.5 Å². The van der Waals surface area contributed by atoms with E-state index in [0.29, 0.717) is 26.2 Å². The van der Waals surface area contributed by atoms with Crippen LogP contribution in [-0.2, 0) is 16.1 Å². The maximum atomic E-state index is 13.1. The van der Waals surface area contributed by atoms with Crippen LogP contribution in [0.4, 0.5) is 4.39 Å². The fraction of sp³-hybridized carbons (Fsp3) is 0.500. The Hall–Kier alpha value is -0.590. The topological polar surface area (TPSA) is 41.6 Å². The normalized spacial score (nSPS) is 18.6. The Labute approximate surface area is 145 Å². The van der Waals surface area contributed by atoms with Gasteiger partial charge < -0.3 is 10.1 Å². The van der Waals surface area contributed by atoms with Gasteiger partial charge in [-0.05, 0) is 17.7 Å². The van der Waals surface area contributed by atoms with Gasteiger partial charge in [-0.15, -0.1) is 24.0 Å². The molecule has 0 aromatic heterocycles. The third-order valence-corrected chi connectivity index (χ3v) is 3.79. The number of rotatable bonds is 5. The van der Waals surface area contributed by atoms with Crippen molar-refractivity contribution in [3.05, 3.63) is 34.6 Å². The molecule has 1 atom stereocenters. The van der Waals surface area contributed by atoms with E-state index in [1.165, 1.54) is 6.07 Å². The zero-order valence-corrected chi connectivity index (χ0v) is 14.2. The SMILES string of the molecule is Cl.O=C(CCl)NCC1CN(Cc2ccc(F)c(Cl)c2)CCO1. The molecule has 0 saturated carbocycles. The Morgan fingerprint density at radius 1 is 1.50 bits per heavy atom. The van der Waals surface area contributed by atoms with Gasteiger partial charge in [0.1, 0.15) is 11.7 Å². The van der Waals surface area contributed by atoms with Crippen LogP contribution < -0.4 is 5.32 Å². The summed E-state index contributed by atoms with van der Waals surface area (Å²) in [5, 5.41) is 2.84. The van der Waals surface area contributed by atoms with Crippen LogP contribution in [0.3, 0.4) is 0 Å². The maximum Gasteiger partial charge on any atom is 0.235 e. The van der Waals surface area contributed by atoms with E-state index in [1.54, 1.807) is 12.1 Å². The lowest BCUT2D eigenvalue weighted by Gasteiger charge is -2.33. The minimum Gasteiger partial charge on any atom is -0.374 e. The van der Waals surface area contributed by atoms with Crippen molar-refractivity contribution in [3.8, 4) is 0 Å². The fourth-order valence-corrected chi connectivity index (χ4v) is 2.52. The van der Waals surface area contributed by atoms with Crippen LogP contribution in [0.15, 0.2) is 18.2 Å². The van der Waals surface area contributed by atoms with Crippen molar-refractivity contribution < 1.29 is 13.9 Å². The van der Waals surface area contributed by atoms with Gasteiger partial charge in [0.25, 0.3) is 0 Å². The standard InChI is InChI=1S/C14H17Cl2FN2O2.ClH/c15-6-14(20)18-7-11-9-19(3-4-21-11)8-10-1-2-13(17)12(16)5-10;/h1-2,5,11H,3-4,6-9H2,(H,18,20);1H. The third kappa shape index (κ3) is 5.89. The predicted molar refractivity (Wildman–Crippen MR) is 87.4 cm³/mol. The average Bonchev–Trinajstić information content (AvgIpc) is 2.49. The van der Waals surface area contributed by atoms with Crippen LogP contribution in [-0.4, -0.2) is 49.0 Å². The second-order valence-corrected chi connectivity index (χ2v) is 5.59. The van der Waals surface area contributed by atoms with Gasteiger partial charge >= 0.3 is 0 Å². The average molecular weight is 372 g/mol. The first-order valence-corrected chi connectivity index (χ1v) is 7.60. The molecule has 0 aliphatic carbocycles. The van der Waals surface area contributed by atoms with Crippen LogP contribution >= 0.6 is 35.6 Å². The number of hydrogen-bond donors (Lipinski definition) is 1. The van der Waals surface area contributed by atoms with E-state index in [4.69, 9.17) is 27.9 Å². The molecule has 4 nitrogen and oxygen atoms in total. The molecule has 1 unspecified atom stereocenters. The molecule has 1 aliphatic heterocycles. The lowest BCUT2D eigenvalue weighted by molar-refractivity contribution is -0.119. The maximum absolute atomic E-state index is 13.1. The first-order valence-electron chi connectivity index (χ1n) is 6.69. The van der Waals surface area contributed by atoms with Crippen LogP contribution in [0.1, 0.15) is 5.56 Å². The molecule has 1 aromatic carbocycles. The highest BCUT2D eigenvalue weighted by Gasteiger charge is 2.21. The van der Waals surface area contributed by atoms with Gasteiger partial charge in [0.2, 0.25) is 5.91 Å². The number of carbonyl (C=O) groups is 1. The Morgan fingerprint density at radius 2 is 2.27 bits per heavy atom. The molecule has 1 N–H and O–H groups in total. The summed E-state index contributed by atoms with van der Waals surface area (Å²) in [6.45, 7) is 3.18. The van der Waals surface area contributed by atoms with E-state index < -0.39 is 5.82 Å². The summed E-state index contributed by atoms with van der Waals surface area (Å²) in [7, 11) is 0. The van der Waals surface area contributed by atoms with Crippen LogP contribution in [0.5, 0.6) is 0 Å². The van der Waals surface area contributed by atoms with Gasteiger partial charge in [0.05, 0.1) is 17.7 Å². The van der Waals surface area contributed by atoms with E-state index >= 15 is 0 Å². The monoisotopic (exact) mass is 370 g/mol. The molecule has 1 amide bonds. The first kappa shape index (κ1) is 19.5. The van der Waals surface area contributed by atoms with Crippen molar-refractivity contribution in [2.45, 2.75) is 12.6 Å². The minimum absolute atomic E-state index is 0. The number of alkyl halides is 1. The highest BCUT2D eigenvalue weighted by molar-refractivity contribution is 6.30. The Bertz CT molecular complexity index is 505. The van der Waals surface area contributed by atoms with Gasteiger partial charge in [0, 0.05) is 26.2 Å². The molecular formula is C14H18Cl3FN2O2. The molecule has 1 heterocycles. The van der Waals surface area contributed by atoms with E-state index in [1.807, 2.05) is 0 Å². The molecule has 0 spiro atoms. The van der Waals surface area contributed by atoms with E-state index in [-0.39, 0.29) is 35.3 Å². The summed E-state index contributed by atoms with van der Waals surface area (Å²) in [5.41, 5.74) is 0.951. The van der Waals surface area contributed by atoms with E-state index in [9.17, 15) is 9.18 Å². The summed E-state index contributed by atoms with van der Waals surface area (Å²) in [5.74, 6) is -0.670. The highest BCUT2D eigenvalue weighted by Crippen LogP contribution is 2.18. The van der Waals surface area contributed by atoms with Crippen LogP contribution in [0.2, 0.25) is 5.02 Å². The number of ether oxygens (including phenoxy) is 1. The van der Waals surface area contributed by atoms with Crippen LogP contribution in [0.25, 0.3) is 0 Å². The Kier molecular flexibility index (Phi) is 8.43.